The average Bonchev–Trinajstić information content (AvgIpc) is 2.64. The normalized spacial score (nSPS) is 18.0. The first-order chi connectivity index (χ1) is 10.2. The lowest BCUT2D eigenvalue weighted by molar-refractivity contribution is -0.119. The highest BCUT2D eigenvalue weighted by atomic mass is 35.5. The number of hydrogen-bond acceptors (Lipinski definition) is 3. The van der Waals surface area contributed by atoms with Gasteiger partial charge in [0.25, 0.3) is 5.91 Å². The van der Waals surface area contributed by atoms with Crippen LogP contribution in [0.15, 0.2) is 59.6 Å². The minimum atomic E-state index is -0.952. The van der Waals surface area contributed by atoms with Gasteiger partial charge in [0.2, 0.25) is 0 Å². The van der Waals surface area contributed by atoms with E-state index in [1.54, 1.807) is 0 Å². The SMILES string of the molecule is NC1N=C(c2ccccc2)c2ccccc2N(CCl)C1=O. The van der Waals surface area contributed by atoms with Crippen LogP contribution < -0.4 is 10.6 Å². The molecule has 1 heterocycles. The molecule has 1 atom stereocenters. The Balaban J connectivity index is 2.24. The number of benzene rings is 2. The van der Waals surface area contributed by atoms with Crippen LogP contribution in [0.3, 0.4) is 0 Å². The van der Waals surface area contributed by atoms with Gasteiger partial charge in [-0.1, -0.05) is 48.5 Å². The van der Waals surface area contributed by atoms with E-state index in [0.717, 1.165) is 16.8 Å². The number of carbonyl (C=O) groups excluding carboxylic acids is 1. The topological polar surface area (TPSA) is 58.7 Å². The summed E-state index contributed by atoms with van der Waals surface area (Å²) < 4.78 is 0. The lowest BCUT2D eigenvalue weighted by atomic mass is 10.0. The van der Waals surface area contributed by atoms with Crippen molar-refractivity contribution in [3.63, 3.8) is 0 Å². The molecular weight excluding hydrogens is 286 g/mol. The van der Waals surface area contributed by atoms with E-state index in [-0.39, 0.29) is 11.9 Å². The van der Waals surface area contributed by atoms with Crippen LogP contribution in [-0.4, -0.2) is 23.8 Å². The molecule has 106 valence electrons. The Morgan fingerprint density at radius 3 is 2.48 bits per heavy atom. The third kappa shape index (κ3) is 2.44. The summed E-state index contributed by atoms with van der Waals surface area (Å²) in [7, 11) is 0. The summed E-state index contributed by atoms with van der Waals surface area (Å²) in [5.74, 6) is -0.302. The molecule has 1 amide bonds. The fraction of sp³-hybridized carbons (Fsp3) is 0.125. The van der Waals surface area contributed by atoms with Gasteiger partial charge in [0, 0.05) is 11.1 Å². The summed E-state index contributed by atoms with van der Waals surface area (Å²) in [4.78, 5) is 18.2. The zero-order valence-corrected chi connectivity index (χ0v) is 12.0. The van der Waals surface area contributed by atoms with Crippen LogP contribution >= 0.6 is 11.6 Å². The molecule has 0 bridgehead atoms. The molecule has 0 aliphatic carbocycles. The highest BCUT2D eigenvalue weighted by Crippen LogP contribution is 2.27. The molecular formula is C16H14ClN3O. The smallest absolute Gasteiger partial charge is 0.267 e. The van der Waals surface area contributed by atoms with E-state index in [4.69, 9.17) is 17.3 Å². The highest BCUT2D eigenvalue weighted by molar-refractivity contribution is 6.25. The Hall–Kier alpha value is -2.17. The van der Waals surface area contributed by atoms with Crippen molar-refractivity contribution in [2.45, 2.75) is 6.17 Å². The Morgan fingerprint density at radius 2 is 1.76 bits per heavy atom. The summed E-state index contributed by atoms with van der Waals surface area (Å²) in [6, 6.07) is 17.3. The standard InChI is InChI=1S/C16H14ClN3O/c17-10-20-13-9-5-4-8-12(13)14(19-15(18)16(20)21)11-6-2-1-3-7-11/h1-9,15H,10,18H2. The fourth-order valence-electron chi connectivity index (χ4n) is 2.40. The number of halogens is 1. The lowest BCUT2D eigenvalue weighted by Gasteiger charge is -2.21. The third-order valence-corrected chi connectivity index (χ3v) is 3.64. The number of alkyl halides is 1. The minimum absolute atomic E-state index is 0.0428. The van der Waals surface area contributed by atoms with E-state index in [0.29, 0.717) is 5.71 Å². The average molecular weight is 300 g/mol. The van der Waals surface area contributed by atoms with Crippen molar-refractivity contribution in [3.05, 3.63) is 65.7 Å². The van der Waals surface area contributed by atoms with Crippen molar-refractivity contribution in [1.29, 1.82) is 0 Å². The predicted molar refractivity (Wildman–Crippen MR) is 84.7 cm³/mol. The van der Waals surface area contributed by atoms with E-state index >= 15 is 0 Å². The molecule has 0 saturated carbocycles. The van der Waals surface area contributed by atoms with Crippen LogP contribution in [0.1, 0.15) is 11.1 Å². The van der Waals surface area contributed by atoms with Gasteiger partial charge in [0.1, 0.15) is 6.00 Å². The van der Waals surface area contributed by atoms with E-state index in [1.807, 2.05) is 54.6 Å². The summed E-state index contributed by atoms with van der Waals surface area (Å²) in [5.41, 5.74) is 9.13. The monoisotopic (exact) mass is 299 g/mol. The Kier molecular flexibility index (Phi) is 3.73. The molecule has 0 radical (unpaired) electrons. The van der Waals surface area contributed by atoms with Gasteiger partial charge in [-0.25, -0.2) is 0 Å². The maximum absolute atomic E-state index is 12.3. The molecule has 3 rings (SSSR count). The van der Waals surface area contributed by atoms with Gasteiger partial charge in [-0.2, -0.15) is 0 Å². The van der Waals surface area contributed by atoms with E-state index in [1.165, 1.54) is 4.90 Å². The number of fused-ring (bicyclic) bond motifs is 1. The molecule has 5 heteroatoms. The maximum Gasteiger partial charge on any atom is 0.267 e. The van der Waals surface area contributed by atoms with Crippen LogP contribution in [0.5, 0.6) is 0 Å². The first-order valence-electron chi connectivity index (χ1n) is 6.58. The zero-order valence-electron chi connectivity index (χ0n) is 11.2. The second kappa shape index (κ2) is 5.68. The minimum Gasteiger partial charge on any atom is -0.302 e. The number of benzodiazepines with no additional fused rings is 1. The second-order valence-electron chi connectivity index (χ2n) is 4.69. The number of nitrogens with two attached hydrogens (primary N) is 1. The van der Waals surface area contributed by atoms with Crippen molar-refractivity contribution >= 4 is 28.9 Å². The molecule has 4 nitrogen and oxygen atoms in total. The molecule has 2 N–H and O–H groups in total. The number of carbonyl (C=O) groups is 1. The lowest BCUT2D eigenvalue weighted by Crippen LogP contribution is -2.41. The fourth-order valence-corrected chi connectivity index (χ4v) is 2.65. The number of aliphatic imine (C=N–C) groups is 1. The molecule has 1 aliphatic rings. The summed E-state index contributed by atoms with van der Waals surface area (Å²) in [6.45, 7) is 0. The zero-order chi connectivity index (χ0) is 14.8. The summed E-state index contributed by atoms with van der Waals surface area (Å²) in [5, 5.41) is 0. The number of anilines is 1. The largest absolute Gasteiger partial charge is 0.302 e. The second-order valence-corrected chi connectivity index (χ2v) is 4.93. The van der Waals surface area contributed by atoms with E-state index in [2.05, 4.69) is 4.99 Å². The predicted octanol–water partition coefficient (Wildman–Crippen LogP) is 2.35. The van der Waals surface area contributed by atoms with Crippen molar-refractivity contribution in [2.24, 2.45) is 10.7 Å². The van der Waals surface area contributed by atoms with Gasteiger partial charge in [-0.15, -0.1) is 11.6 Å². The van der Waals surface area contributed by atoms with Crippen molar-refractivity contribution in [1.82, 2.24) is 0 Å². The van der Waals surface area contributed by atoms with Gasteiger partial charge in [-0.3, -0.25) is 14.7 Å². The first kappa shape index (κ1) is 13.8. The third-order valence-electron chi connectivity index (χ3n) is 3.40. The van der Waals surface area contributed by atoms with Gasteiger partial charge in [0.15, 0.2) is 6.17 Å². The highest BCUT2D eigenvalue weighted by Gasteiger charge is 2.29. The number of amides is 1. The van der Waals surface area contributed by atoms with Crippen LogP contribution in [-0.2, 0) is 4.79 Å². The quantitative estimate of drug-likeness (QED) is 0.683. The van der Waals surface area contributed by atoms with Crippen molar-refractivity contribution in [3.8, 4) is 0 Å². The summed E-state index contributed by atoms with van der Waals surface area (Å²) >= 11 is 5.93. The number of nitrogens with zero attached hydrogens (tertiary/aromatic N) is 2. The van der Waals surface area contributed by atoms with Gasteiger partial charge in [0.05, 0.1) is 11.4 Å². The van der Waals surface area contributed by atoms with Gasteiger partial charge < -0.3 is 5.73 Å². The molecule has 1 aliphatic heterocycles. The number of hydrogen-bond donors (Lipinski definition) is 1. The van der Waals surface area contributed by atoms with Crippen LogP contribution in [0.2, 0.25) is 0 Å². The first-order valence-corrected chi connectivity index (χ1v) is 7.11. The molecule has 21 heavy (non-hydrogen) atoms. The van der Waals surface area contributed by atoms with E-state index in [9.17, 15) is 4.79 Å². The van der Waals surface area contributed by atoms with Crippen LogP contribution in [0.4, 0.5) is 5.69 Å². The van der Waals surface area contributed by atoms with Crippen LogP contribution in [0, 0.1) is 0 Å². The Bertz CT molecular complexity index is 700. The Morgan fingerprint density at radius 1 is 1.10 bits per heavy atom. The maximum atomic E-state index is 12.3. The molecule has 0 saturated heterocycles. The molecule has 2 aromatic carbocycles. The van der Waals surface area contributed by atoms with Gasteiger partial charge >= 0.3 is 0 Å². The van der Waals surface area contributed by atoms with Gasteiger partial charge in [-0.05, 0) is 6.07 Å². The summed E-state index contributed by atoms with van der Waals surface area (Å²) in [6.07, 6.45) is -0.952. The molecule has 2 aromatic rings. The van der Waals surface area contributed by atoms with Crippen LogP contribution in [0.25, 0.3) is 0 Å². The number of para-hydroxylation sites is 1. The van der Waals surface area contributed by atoms with Crippen molar-refractivity contribution < 1.29 is 4.79 Å². The Labute approximate surface area is 127 Å². The molecule has 1 unspecified atom stereocenters. The molecule has 0 aromatic heterocycles. The molecule has 0 fully saturated rings. The molecule has 0 spiro atoms. The number of rotatable bonds is 2. The van der Waals surface area contributed by atoms with E-state index < -0.39 is 6.17 Å². The van der Waals surface area contributed by atoms with Crippen molar-refractivity contribution in [2.75, 3.05) is 10.9 Å².